The van der Waals surface area contributed by atoms with Crippen LogP contribution in [0.5, 0.6) is 0 Å². The molecule has 2 heterocycles. The van der Waals surface area contributed by atoms with Gasteiger partial charge < -0.3 is 25.0 Å². The number of hydrogen-bond acceptors (Lipinski definition) is 8. The number of carbonyl (C=O) groups is 2. The van der Waals surface area contributed by atoms with Gasteiger partial charge in [0.25, 0.3) is 0 Å². The summed E-state index contributed by atoms with van der Waals surface area (Å²) in [5, 5.41) is 12.7. The Morgan fingerprint density at radius 3 is 2.37 bits per heavy atom. The van der Waals surface area contributed by atoms with Crippen molar-refractivity contribution in [3.63, 3.8) is 0 Å². The maximum Gasteiger partial charge on any atom is 0.407 e. The molecule has 3 saturated carbocycles. The van der Waals surface area contributed by atoms with Crippen LogP contribution in [0.25, 0.3) is 10.4 Å². The van der Waals surface area contributed by atoms with Gasteiger partial charge in [-0.05, 0) is 105 Å². The average molecular weight is 646 g/mol. The number of benzene rings is 1. The van der Waals surface area contributed by atoms with E-state index in [1.54, 1.807) is 11.3 Å². The highest BCUT2D eigenvalue weighted by molar-refractivity contribution is 7.15. The van der Waals surface area contributed by atoms with E-state index in [9.17, 15) is 9.59 Å². The van der Waals surface area contributed by atoms with E-state index >= 15 is 0 Å². The van der Waals surface area contributed by atoms with E-state index in [0.717, 1.165) is 47.6 Å². The molecule has 2 amide bonds. The van der Waals surface area contributed by atoms with Gasteiger partial charge in [0.15, 0.2) is 0 Å². The van der Waals surface area contributed by atoms with Crippen LogP contribution in [0.1, 0.15) is 86.6 Å². The molecule has 2 N–H and O–H groups in total. The number of ether oxygens (including phenoxy) is 1. The van der Waals surface area contributed by atoms with Crippen molar-refractivity contribution in [2.24, 2.45) is 11.8 Å². The number of rotatable bonds is 11. The van der Waals surface area contributed by atoms with Crippen molar-refractivity contribution in [3.8, 4) is 10.4 Å². The number of nitrogens with zero attached hydrogens (tertiary/aromatic N) is 4. The number of aromatic nitrogens is 2. The number of anilines is 2. The van der Waals surface area contributed by atoms with E-state index in [0.29, 0.717) is 50.0 Å². The summed E-state index contributed by atoms with van der Waals surface area (Å²) in [6.45, 7) is 0.759. The van der Waals surface area contributed by atoms with Gasteiger partial charge in [-0.15, -0.1) is 11.3 Å². The molecule has 3 aliphatic rings. The lowest BCUT2D eigenvalue weighted by Crippen LogP contribution is -2.42. The number of hydrogen-bond donors (Lipinski definition) is 2. The first kappa shape index (κ1) is 32.4. The average Bonchev–Trinajstić information content (AvgIpc) is 3.82. The molecule has 0 saturated heterocycles. The molecule has 3 aromatic rings. The summed E-state index contributed by atoms with van der Waals surface area (Å²) in [5.41, 5.74) is 3.38. The van der Waals surface area contributed by atoms with Gasteiger partial charge >= 0.3 is 6.09 Å². The number of alkyl carbamates (subject to hydrolysis) is 1. The molecule has 1 aromatic carbocycles. The zero-order valence-electron chi connectivity index (χ0n) is 27.1. The van der Waals surface area contributed by atoms with Crippen LogP contribution in [-0.4, -0.2) is 67.0 Å². The summed E-state index contributed by atoms with van der Waals surface area (Å²) < 4.78 is 5.54. The normalized spacial score (nSPS) is 23.0. The van der Waals surface area contributed by atoms with Crippen LogP contribution in [0.15, 0.2) is 48.8 Å². The molecular weight excluding hydrogens is 598 g/mol. The van der Waals surface area contributed by atoms with Crippen molar-refractivity contribution in [1.82, 2.24) is 15.3 Å². The molecule has 46 heavy (non-hydrogen) atoms. The second-order valence-electron chi connectivity index (χ2n) is 13.4. The van der Waals surface area contributed by atoms with Crippen molar-refractivity contribution in [2.45, 2.75) is 82.1 Å². The summed E-state index contributed by atoms with van der Waals surface area (Å²) in [6.07, 6.45) is 12.8. The van der Waals surface area contributed by atoms with Crippen LogP contribution in [-0.2, 0) is 9.53 Å². The molecule has 2 aromatic heterocycles. The van der Waals surface area contributed by atoms with Crippen molar-refractivity contribution in [2.75, 3.05) is 43.6 Å². The topological polar surface area (TPSA) is 108 Å². The summed E-state index contributed by atoms with van der Waals surface area (Å²) in [7, 11) is 4.02. The van der Waals surface area contributed by atoms with Gasteiger partial charge in [-0.3, -0.25) is 4.79 Å². The van der Waals surface area contributed by atoms with Gasteiger partial charge in [-0.1, -0.05) is 18.2 Å². The van der Waals surface area contributed by atoms with Crippen LogP contribution in [0.2, 0.25) is 0 Å². The highest BCUT2D eigenvalue weighted by Gasteiger charge is 2.34. The van der Waals surface area contributed by atoms with E-state index in [-0.39, 0.29) is 31.1 Å². The Morgan fingerprint density at radius 1 is 0.935 bits per heavy atom. The fraction of sp³-hybridized carbons (Fsp3) is 0.556. The quantitative estimate of drug-likeness (QED) is 0.238. The second-order valence-corrected chi connectivity index (χ2v) is 14.5. The number of aliphatic hydroxyl groups is 1. The minimum Gasteiger partial charge on any atom is -0.446 e. The molecule has 0 unspecified atom stereocenters. The van der Waals surface area contributed by atoms with Crippen LogP contribution in [0.3, 0.4) is 0 Å². The van der Waals surface area contributed by atoms with Gasteiger partial charge in [0.05, 0.1) is 16.5 Å². The van der Waals surface area contributed by atoms with Gasteiger partial charge in [0.1, 0.15) is 11.9 Å². The molecular formula is C36H47N5O4S. The van der Waals surface area contributed by atoms with Crippen LogP contribution in [0, 0.1) is 11.8 Å². The van der Waals surface area contributed by atoms with Crippen LogP contribution in [0.4, 0.5) is 16.3 Å². The molecule has 0 radical (unpaired) electrons. The lowest BCUT2D eigenvalue weighted by atomic mass is 9.78. The number of nitrogens with one attached hydrogen (secondary N) is 1. The van der Waals surface area contributed by atoms with Gasteiger partial charge in [-0.2, -0.15) is 0 Å². The highest BCUT2D eigenvalue weighted by atomic mass is 32.1. The molecule has 6 rings (SSSR count). The summed E-state index contributed by atoms with van der Waals surface area (Å²) in [5.74, 6) is 2.60. The predicted molar refractivity (Wildman–Crippen MR) is 182 cm³/mol. The Balaban J connectivity index is 1.14. The van der Waals surface area contributed by atoms with Gasteiger partial charge in [-0.25, -0.2) is 14.8 Å². The van der Waals surface area contributed by atoms with E-state index in [4.69, 9.17) is 14.8 Å². The lowest BCUT2D eigenvalue weighted by Gasteiger charge is -2.36. The van der Waals surface area contributed by atoms with Gasteiger partial charge in [0, 0.05) is 57.1 Å². The third-order valence-electron chi connectivity index (χ3n) is 9.82. The minimum absolute atomic E-state index is 0.105. The molecule has 0 bridgehead atoms. The SMILES string of the molecule is CN(C)c1ccc([C@H]2CC[C@H](CN(c3cccc(-c4cnc(C5CC5)s4)c3)C(=O)[C@H]3CC[C@H](OC(=O)NCCO)CC3)CC2)cn1. The molecule has 0 spiro atoms. The summed E-state index contributed by atoms with van der Waals surface area (Å²) >= 11 is 1.78. The Hall–Kier alpha value is -3.50. The molecule has 10 heteroatoms. The number of aliphatic hydroxyl groups excluding tert-OH is 1. The smallest absolute Gasteiger partial charge is 0.407 e. The Bertz CT molecular complexity index is 1460. The van der Waals surface area contributed by atoms with Crippen molar-refractivity contribution in [1.29, 1.82) is 0 Å². The number of carbonyl (C=O) groups excluding carboxylic acids is 2. The fourth-order valence-corrected chi connectivity index (χ4v) is 8.01. The molecule has 3 fully saturated rings. The Kier molecular flexibility index (Phi) is 10.5. The monoisotopic (exact) mass is 645 g/mol. The maximum absolute atomic E-state index is 14.3. The number of thiazole rings is 1. The van der Waals surface area contributed by atoms with Crippen LogP contribution < -0.4 is 15.1 Å². The molecule has 9 nitrogen and oxygen atoms in total. The zero-order chi connectivity index (χ0) is 32.0. The first-order valence-electron chi connectivity index (χ1n) is 16.9. The first-order chi connectivity index (χ1) is 22.4. The molecule has 0 atom stereocenters. The lowest BCUT2D eigenvalue weighted by molar-refractivity contribution is -0.124. The summed E-state index contributed by atoms with van der Waals surface area (Å²) in [4.78, 5) is 40.9. The van der Waals surface area contributed by atoms with E-state index in [1.807, 2.05) is 31.4 Å². The third-order valence-corrected chi connectivity index (χ3v) is 11.0. The largest absolute Gasteiger partial charge is 0.446 e. The maximum atomic E-state index is 14.3. The Morgan fingerprint density at radius 2 is 1.70 bits per heavy atom. The van der Waals surface area contributed by atoms with E-state index in [2.05, 4.69) is 51.6 Å². The van der Waals surface area contributed by atoms with Gasteiger partial charge in [0.2, 0.25) is 5.91 Å². The Labute approximate surface area is 276 Å². The second kappa shape index (κ2) is 14.9. The van der Waals surface area contributed by atoms with E-state index < -0.39 is 6.09 Å². The molecule has 0 aliphatic heterocycles. The number of amides is 2. The van der Waals surface area contributed by atoms with Crippen molar-refractivity contribution >= 4 is 34.8 Å². The predicted octanol–water partition coefficient (Wildman–Crippen LogP) is 6.73. The standard InChI is InChI=1S/C36H47N5O4S/c1-40(2)33-17-14-29(21-38-33)25-8-6-24(7-9-25)23-41(35(43)27-12-15-31(16-13-27)45-36(44)37-18-19-42)30-5-3-4-28(20-30)32-22-39-34(46-32)26-10-11-26/h3-5,14,17,20-22,24-27,31,42H,6-13,15-16,18-19,23H2,1-2H3,(H,37,44)/t24-,25-,27-,31-. The minimum atomic E-state index is -0.504. The summed E-state index contributed by atoms with van der Waals surface area (Å²) in [6, 6.07) is 12.8. The van der Waals surface area contributed by atoms with Crippen LogP contribution >= 0.6 is 11.3 Å². The zero-order valence-corrected chi connectivity index (χ0v) is 27.9. The molecule has 3 aliphatic carbocycles. The molecule has 246 valence electrons. The third kappa shape index (κ3) is 8.07. The first-order valence-corrected chi connectivity index (χ1v) is 17.8. The highest BCUT2D eigenvalue weighted by Crippen LogP contribution is 2.44. The fourth-order valence-electron chi connectivity index (χ4n) is 6.93. The van der Waals surface area contributed by atoms with E-state index in [1.165, 1.54) is 23.4 Å². The number of pyridine rings is 1. The van der Waals surface area contributed by atoms with Crippen molar-refractivity contribution < 1.29 is 19.4 Å². The van der Waals surface area contributed by atoms with Crippen molar-refractivity contribution in [3.05, 3.63) is 59.4 Å².